The largest absolute Gasteiger partial charge is 0.380 e. The summed E-state index contributed by atoms with van der Waals surface area (Å²) in [4.78, 5) is 4.33. The molecule has 2 nitrogen and oxygen atoms in total. The lowest BCUT2D eigenvalue weighted by molar-refractivity contribution is 0.675. The second-order valence-electron chi connectivity index (χ2n) is 3.16. The molecule has 0 saturated carbocycles. The monoisotopic (exact) mass is 148 g/mol. The molecule has 2 heterocycles. The summed E-state index contributed by atoms with van der Waals surface area (Å²) in [5, 5.41) is 3.38. The summed E-state index contributed by atoms with van der Waals surface area (Å²) in [7, 11) is 0. The third-order valence-electron chi connectivity index (χ3n) is 2.40. The van der Waals surface area contributed by atoms with Crippen molar-refractivity contribution in [3.05, 3.63) is 24.0 Å². The predicted octanol–water partition coefficient (Wildman–Crippen LogP) is 2.00. The average Bonchev–Trinajstić information content (AvgIpc) is 2.30. The lowest BCUT2D eigenvalue weighted by Crippen LogP contribution is -2.12. The van der Waals surface area contributed by atoms with Crippen LogP contribution in [0.4, 0.5) is 5.69 Å². The third kappa shape index (κ3) is 0.897. The number of hydrogen-bond donors (Lipinski definition) is 1. The number of hydrogen-bond acceptors (Lipinski definition) is 2. The molecule has 1 aromatic rings. The highest BCUT2D eigenvalue weighted by Gasteiger charge is 2.25. The molecule has 1 aromatic heterocycles. The lowest BCUT2D eigenvalue weighted by atomic mass is 10.0. The molecule has 2 unspecified atom stereocenters. The zero-order chi connectivity index (χ0) is 7.84. The smallest absolute Gasteiger partial charge is 0.0683 e. The van der Waals surface area contributed by atoms with Crippen LogP contribution in [0.15, 0.2) is 18.3 Å². The molecule has 1 N–H and O–H groups in total. The summed E-state index contributed by atoms with van der Waals surface area (Å²) in [5.74, 6) is 0.547. The van der Waals surface area contributed by atoms with Crippen LogP contribution >= 0.6 is 0 Å². The fourth-order valence-corrected chi connectivity index (χ4v) is 1.51. The summed E-state index contributed by atoms with van der Waals surface area (Å²) in [6, 6.07) is 4.58. The Morgan fingerprint density at radius 1 is 1.45 bits per heavy atom. The van der Waals surface area contributed by atoms with Gasteiger partial charge in [0.2, 0.25) is 0 Å². The van der Waals surface area contributed by atoms with E-state index < -0.39 is 0 Å². The molecule has 0 spiro atoms. The Morgan fingerprint density at radius 3 is 3.00 bits per heavy atom. The van der Waals surface area contributed by atoms with Crippen LogP contribution in [-0.4, -0.2) is 11.0 Å². The standard InChI is InChI=1S/C9H12N2/c1-6-7(2)11-8-4-3-5-10-9(6)8/h3-7,11H,1-2H3. The maximum atomic E-state index is 4.33. The van der Waals surface area contributed by atoms with Crippen molar-refractivity contribution >= 4 is 5.69 Å². The Hall–Kier alpha value is -1.05. The molecule has 0 amide bonds. The van der Waals surface area contributed by atoms with Crippen LogP contribution in [0.3, 0.4) is 0 Å². The van der Waals surface area contributed by atoms with Gasteiger partial charge in [0.25, 0.3) is 0 Å². The van der Waals surface area contributed by atoms with Crippen LogP contribution in [0.2, 0.25) is 0 Å². The normalized spacial score (nSPS) is 27.8. The van der Waals surface area contributed by atoms with Gasteiger partial charge < -0.3 is 5.32 Å². The number of nitrogens with one attached hydrogen (secondary N) is 1. The van der Waals surface area contributed by atoms with Crippen LogP contribution in [0.25, 0.3) is 0 Å². The number of nitrogens with zero attached hydrogens (tertiary/aromatic N) is 1. The molecule has 1 aliphatic rings. The molecule has 0 saturated heterocycles. The predicted molar refractivity (Wildman–Crippen MR) is 45.7 cm³/mol. The Bertz CT molecular complexity index is 270. The summed E-state index contributed by atoms with van der Waals surface area (Å²) >= 11 is 0. The highest BCUT2D eigenvalue weighted by Crippen LogP contribution is 2.32. The molecule has 0 radical (unpaired) electrons. The Kier molecular flexibility index (Phi) is 1.34. The first-order chi connectivity index (χ1) is 5.29. The van der Waals surface area contributed by atoms with E-state index in [1.54, 1.807) is 0 Å². The van der Waals surface area contributed by atoms with Crippen molar-refractivity contribution in [2.24, 2.45) is 0 Å². The molecule has 0 aromatic carbocycles. The third-order valence-corrected chi connectivity index (χ3v) is 2.40. The number of pyridine rings is 1. The first-order valence-electron chi connectivity index (χ1n) is 4.00. The van der Waals surface area contributed by atoms with E-state index in [1.165, 1.54) is 11.4 Å². The van der Waals surface area contributed by atoms with E-state index in [-0.39, 0.29) is 0 Å². The fraction of sp³-hybridized carbons (Fsp3) is 0.444. The van der Waals surface area contributed by atoms with Crippen molar-refractivity contribution in [3.63, 3.8) is 0 Å². The van der Waals surface area contributed by atoms with Gasteiger partial charge in [0.05, 0.1) is 11.4 Å². The van der Waals surface area contributed by atoms with Gasteiger partial charge in [-0.15, -0.1) is 0 Å². The van der Waals surface area contributed by atoms with Gasteiger partial charge >= 0.3 is 0 Å². The molecule has 11 heavy (non-hydrogen) atoms. The number of fused-ring (bicyclic) bond motifs is 1. The SMILES string of the molecule is CC1Nc2cccnc2C1C. The van der Waals surface area contributed by atoms with Crippen molar-refractivity contribution in [2.45, 2.75) is 25.8 Å². The molecule has 2 rings (SSSR count). The maximum absolute atomic E-state index is 4.33. The van der Waals surface area contributed by atoms with Crippen LogP contribution in [0.1, 0.15) is 25.5 Å². The van der Waals surface area contributed by atoms with Crippen LogP contribution in [0, 0.1) is 0 Å². The Labute approximate surface area is 66.7 Å². The van der Waals surface area contributed by atoms with Crippen molar-refractivity contribution < 1.29 is 0 Å². The van der Waals surface area contributed by atoms with Gasteiger partial charge in [-0.2, -0.15) is 0 Å². The van der Waals surface area contributed by atoms with Crippen LogP contribution in [-0.2, 0) is 0 Å². The van der Waals surface area contributed by atoms with E-state index >= 15 is 0 Å². The van der Waals surface area contributed by atoms with Crippen molar-refractivity contribution in [2.75, 3.05) is 5.32 Å². The Balaban J connectivity index is 2.47. The summed E-state index contributed by atoms with van der Waals surface area (Å²) < 4.78 is 0. The van der Waals surface area contributed by atoms with Gasteiger partial charge in [0, 0.05) is 18.2 Å². The quantitative estimate of drug-likeness (QED) is 0.608. The summed E-state index contributed by atoms with van der Waals surface area (Å²) in [6.45, 7) is 4.39. The second-order valence-corrected chi connectivity index (χ2v) is 3.16. The molecule has 58 valence electrons. The van der Waals surface area contributed by atoms with E-state index in [1.807, 2.05) is 12.3 Å². The molecule has 2 heteroatoms. The number of anilines is 1. The molecular formula is C9H12N2. The topological polar surface area (TPSA) is 24.9 Å². The van der Waals surface area contributed by atoms with Gasteiger partial charge in [-0.25, -0.2) is 0 Å². The molecule has 0 bridgehead atoms. The minimum Gasteiger partial charge on any atom is -0.380 e. The minimum absolute atomic E-state index is 0.528. The van der Waals surface area contributed by atoms with Crippen molar-refractivity contribution in [3.8, 4) is 0 Å². The highest BCUT2D eigenvalue weighted by molar-refractivity contribution is 5.55. The van der Waals surface area contributed by atoms with Gasteiger partial charge in [0.15, 0.2) is 0 Å². The molecule has 1 aliphatic heterocycles. The van der Waals surface area contributed by atoms with Crippen LogP contribution in [0.5, 0.6) is 0 Å². The van der Waals surface area contributed by atoms with E-state index in [0.29, 0.717) is 12.0 Å². The summed E-state index contributed by atoms with van der Waals surface area (Å²) in [6.07, 6.45) is 1.86. The molecule has 0 fully saturated rings. The molecule has 0 aliphatic carbocycles. The van der Waals surface area contributed by atoms with E-state index in [4.69, 9.17) is 0 Å². The molecule has 2 atom stereocenters. The highest BCUT2D eigenvalue weighted by atomic mass is 15.0. The Morgan fingerprint density at radius 2 is 2.27 bits per heavy atom. The van der Waals surface area contributed by atoms with Crippen molar-refractivity contribution in [1.29, 1.82) is 0 Å². The zero-order valence-corrected chi connectivity index (χ0v) is 6.83. The van der Waals surface area contributed by atoms with Crippen LogP contribution < -0.4 is 5.32 Å². The average molecular weight is 148 g/mol. The maximum Gasteiger partial charge on any atom is 0.0683 e. The van der Waals surface area contributed by atoms with Gasteiger partial charge in [0.1, 0.15) is 0 Å². The van der Waals surface area contributed by atoms with Crippen molar-refractivity contribution in [1.82, 2.24) is 4.98 Å². The first kappa shape index (κ1) is 6.65. The fourth-order valence-electron chi connectivity index (χ4n) is 1.51. The van der Waals surface area contributed by atoms with Gasteiger partial charge in [-0.3, -0.25) is 4.98 Å². The van der Waals surface area contributed by atoms with Gasteiger partial charge in [-0.05, 0) is 19.1 Å². The lowest BCUT2D eigenvalue weighted by Gasteiger charge is -2.07. The second kappa shape index (κ2) is 2.22. The molecular weight excluding hydrogens is 136 g/mol. The van der Waals surface area contributed by atoms with E-state index in [2.05, 4.69) is 30.2 Å². The van der Waals surface area contributed by atoms with Gasteiger partial charge in [-0.1, -0.05) is 6.92 Å². The zero-order valence-electron chi connectivity index (χ0n) is 6.83. The van der Waals surface area contributed by atoms with E-state index in [0.717, 1.165) is 0 Å². The number of aromatic nitrogens is 1. The summed E-state index contributed by atoms with van der Waals surface area (Å²) in [5.41, 5.74) is 2.41. The minimum atomic E-state index is 0.528. The number of rotatable bonds is 0. The van der Waals surface area contributed by atoms with E-state index in [9.17, 15) is 0 Å². The first-order valence-corrected chi connectivity index (χ1v) is 4.00.